The molecule has 2 aromatic rings. The summed E-state index contributed by atoms with van der Waals surface area (Å²) in [7, 11) is -1.42. The van der Waals surface area contributed by atoms with Crippen LogP contribution in [0, 0.1) is 12.8 Å². The summed E-state index contributed by atoms with van der Waals surface area (Å²) in [5.74, 6) is 1.49. The Hall–Kier alpha value is -2.38. The van der Waals surface area contributed by atoms with Crippen LogP contribution in [0.5, 0.6) is 5.75 Å². The summed E-state index contributed by atoms with van der Waals surface area (Å²) in [6.07, 6.45) is 2.81. The average Bonchev–Trinajstić information content (AvgIpc) is 3.55. The third-order valence-electron chi connectivity index (χ3n) is 6.46. The van der Waals surface area contributed by atoms with Gasteiger partial charge < -0.3 is 10.1 Å². The second kappa shape index (κ2) is 9.63. The number of hydrogen-bond acceptors (Lipinski definition) is 5. The predicted octanol–water partition coefficient (Wildman–Crippen LogP) is 3.26. The van der Waals surface area contributed by atoms with Crippen LogP contribution in [0.25, 0.3) is 0 Å². The van der Waals surface area contributed by atoms with Crippen molar-refractivity contribution in [1.82, 2.24) is 10.2 Å². The van der Waals surface area contributed by atoms with E-state index < -0.39 is 9.84 Å². The Balaban J connectivity index is 1.47. The molecule has 0 spiro atoms. The molecule has 0 bridgehead atoms. The van der Waals surface area contributed by atoms with E-state index in [0.29, 0.717) is 18.9 Å². The van der Waals surface area contributed by atoms with Gasteiger partial charge >= 0.3 is 0 Å². The van der Waals surface area contributed by atoms with Crippen molar-refractivity contribution in [3.05, 3.63) is 65.2 Å². The van der Waals surface area contributed by atoms with Crippen molar-refractivity contribution in [2.75, 3.05) is 25.2 Å². The number of benzene rings is 2. The smallest absolute Gasteiger partial charge is 0.234 e. The molecule has 172 valence electrons. The molecule has 6 nitrogen and oxygen atoms in total. The molecule has 2 atom stereocenters. The third kappa shape index (κ3) is 5.90. The maximum absolute atomic E-state index is 13.1. The first-order valence-electron chi connectivity index (χ1n) is 11.3. The molecule has 32 heavy (non-hydrogen) atoms. The molecule has 2 aliphatic rings. The summed E-state index contributed by atoms with van der Waals surface area (Å²) >= 11 is 0. The summed E-state index contributed by atoms with van der Waals surface area (Å²) in [6, 6.07) is 15.9. The van der Waals surface area contributed by atoms with E-state index in [1.54, 1.807) is 7.11 Å². The molecule has 1 amide bonds. The first-order chi connectivity index (χ1) is 15.3. The third-order valence-corrected chi connectivity index (χ3v) is 8.21. The van der Waals surface area contributed by atoms with E-state index in [1.807, 2.05) is 29.2 Å². The zero-order valence-electron chi connectivity index (χ0n) is 18.8. The molecular weight excluding hydrogens is 424 g/mol. The first kappa shape index (κ1) is 22.8. The van der Waals surface area contributed by atoms with Crippen molar-refractivity contribution in [2.24, 2.45) is 5.92 Å². The Morgan fingerprint density at radius 2 is 1.78 bits per heavy atom. The van der Waals surface area contributed by atoms with Gasteiger partial charge in [0, 0.05) is 12.6 Å². The normalized spacial score (nSPS) is 20.8. The number of ether oxygens (including phenoxy) is 1. The average molecular weight is 457 g/mol. The van der Waals surface area contributed by atoms with Crippen molar-refractivity contribution in [1.29, 1.82) is 0 Å². The van der Waals surface area contributed by atoms with E-state index in [0.717, 1.165) is 29.7 Å². The molecule has 0 aromatic heterocycles. The van der Waals surface area contributed by atoms with Crippen molar-refractivity contribution >= 4 is 15.7 Å². The fourth-order valence-corrected chi connectivity index (χ4v) is 6.18. The van der Waals surface area contributed by atoms with Crippen LogP contribution in [0.15, 0.2) is 48.5 Å². The number of methoxy groups -OCH3 is 1. The van der Waals surface area contributed by atoms with Gasteiger partial charge in [-0.3, -0.25) is 9.69 Å². The Bertz CT molecular complexity index is 1030. The summed E-state index contributed by atoms with van der Waals surface area (Å²) < 4.78 is 29.5. The molecule has 1 saturated heterocycles. The highest BCUT2D eigenvalue weighted by Gasteiger charge is 2.36. The highest BCUT2D eigenvalue weighted by atomic mass is 32.2. The van der Waals surface area contributed by atoms with Gasteiger partial charge in [0.1, 0.15) is 5.75 Å². The van der Waals surface area contributed by atoms with Crippen LogP contribution in [0.1, 0.15) is 42.0 Å². The minimum Gasteiger partial charge on any atom is -0.497 e. The lowest BCUT2D eigenvalue weighted by atomic mass is 10.0. The summed E-state index contributed by atoms with van der Waals surface area (Å²) in [5.41, 5.74) is 3.36. The maximum Gasteiger partial charge on any atom is 0.234 e. The molecule has 7 heteroatoms. The number of rotatable bonds is 9. The highest BCUT2D eigenvalue weighted by molar-refractivity contribution is 7.91. The van der Waals surface area contributed by atoms with Gasteiger partial charge in [-0.05, 0) is 55.4 Å². The van der Waals surface area contributed by atoms with Crippen molar-refractivity contribution in [2.45, 2.75) is 44.8 Å². The lowest BCUT2D eigenvalue weighted by Crippen LogP contribution is -2.44. The van der Waals surface area contributed by atoms with Crippen molar-refractivity contribution in [3.8, 4) is 5.75 Å². The van der Waals surface area contributed by atoms with Gasteiger partial charge in [0.25, 0.3) is 0 Å². The highest BCUT2D eigenvalue weighted by Crippen LogP contribution is 2.41. The Morgan fingerprint density at radius 1 is 1.09 bits per heavy atom. The summed E-state index contributed by atoms with van der Waals surface area (Å²) in [5, 5.41) is 3.24. The summed E-state index contributed by atoms with van der Waals surface area (Å²) in [4.78, 5) is 15.1. The van der Waals surface area contributed by atoms with Crippen LogP contribution < -0.4 is 10.1 Å². The van der Waals surface area contributed by atoms with E-state index >= 15 is 0 Å². The van der Waals surface area contributed by atoms with Crippen LogP contribution >= 0.6 is 0 Å². The van der Waals surface area contributed by atoms with Gasteiger partial charge in [-0.25, -0.2) is 8.42 Å². The van der Waals surface area contributed by atoms with Crippen LogP contribution in [0.2, 0.25) is 0 Å². The van der Waals surface area contributed by atoms with E-state index in [-0.39, 0.29) is 36.0 Å². The number of sulfone groups is 1. The fourth-order valence-electron chi connectivity index (χ4n) is 4.42. The van der Waals surface area contributed by atoms with E-state index in [4.69, 9.17) is 4.74 Å². The second-order valence-corrected chi connectivity index (χ2v) is 11.3. The molecule has 2 unspecified atom stereocenters. The Kier molecular flexibility index (Phi) is 6.86. The Morgan fingerprint density at radius 3 is 2.34 bits per heavy atom. The minimum atomic E-state index is -3.05. The molecule has 2 fully saturated rings. The van der Waals surface area contributed by atoms with Gasteiger partial charge in [0.05, 0.1) is 31.2 Å². The second-order valence-electron chi connectivity index (χ2n) is 9.10. The number of hydrogen-bond donors (Lipinski definition) is 1. The van der Waals surface area contributed by atoms with Gasteiger partial charge in [-0.2, -0.15) is 0 Å². The van der Waals surface area contributed by atoms with E-state index in [1.165, 1.54) is 5.56 Å². The number of carbonyl (C=O) groups excluding carboxylic acids is 1. The summed E-state index contributed by atoms with van der Waals surface area (Å²) in [6.45, 7) is 2.76. The first-order valence-corrected chi connectivity index (χ1v) is 13.1. The van der Waals surface area contributed by atoms with Crippen LogP contribution in [0.4, 0.5) is 0 Å². The molecule has 1 aliphatic carbocycles. The number of aryl methyl sites for hydroxylation is 1. The van der Waals surface area contributed by atoms with Crippen LogP contribution in [-0.2, 0) is 21.2 Å². The Labute approximate surface area is 190 Å². The van der Waals surface area contributed by atoms with Crippen molar-refractivity contribution < 1.29 is 17.9 Å². The molecule has 1 saturated carbocycles. The maximum atomic E-state index is 13.1. The number of nitrogens with one attached hydrogen (secondary N) is 1. The zero-order valence-corrected chi connectivity index (χ0v) is 19.6. The lowest BCUT2D eigenvalue weighted by molar-refractivity contribution is -0.123. The number of nitrogens with zero attached hydrogens (tertiary/aromatic N) is 1. The quantitative estimate of drug-likeness (QED) is 0.627. The lowest BCUT2D eigenvalue weighted by Gasteiger charge is -2.29. The molecule has 4 rings (SSSR count). The van der Waals surface area contributed by atoms with Gasteiger partial charge in [0.15, 0.2) is 9.84 Å². The molecular formula is C25H32N2O4S. The van der Waals surface area contributed by atoms with Gasteiger partial charge in [-0.15, -0.1) is 0 Å². The monoisotopic (exact) mass is 456 g/mol. The molecule has 1 heterocycles. The number of amides is 1. The SMILES string of the molecule is COc1ccc(CN(CC(=O)NC(c2ccc(C)cc2)C2CC2)C2CCS(=O)(=O)C2)cc1. The molecule has 2 aromatic carbocycles. The van der Waals surface area contributed by atoms with Gasteiger partial charge in [0.2, 0.25) is 5.91 Å². The van der Waals surface area contributed by atoms with Crippen LogP contribution in [0.3, 0.4) is 0 Å². The zero-order chi connectivity index (χ0) is 22.7. The van der Waals surface area contributed by atoms with Crippen LogP contribution in [-0.4, -0.2) is 50.4 Å². The predicted molar refractivity (Wildman–Crippen MR) is 125 cm³/mol. The van der Waals surface area contributed by atoms with Crippen molar-refractivity contribution in [3.63, 3.8) is 0 Å². The fraction of sp³-hybridized carbons (Fsp3) is 0.480. The largest absolute Gasteiger partial charge is 0.497 e. The van der Waals surface area contributed by atoms with Gasteiger partial charge in [-0.1, -0.05) is 42.0 Å². The number of carbonyl (C=O) groups is 1. The molecule has 1 N–H and O–H groups in total. The molecule has 0 radical (unpaired) electrons. The van der Waals surface area contributed by atoms with E-state index in [2.05, 4.69) is 36.5 Å². The molecule has 1 aliphatic heterocycles. The minimum absolute atomic E-state index is 0.0123. The standard InChI is InChI=1S/C25H32N2O4S/c1-18-3-7-20(8-4-18)25(21-9-10-21)26-24(28)16-27(22-13-14-32(29,30)17-22)15-19-5-11-23(31-2)12-6-19/h3-8,11-12,21-22,25H,9-10,13-17H2,1-2H3,(H,26,28). The van der Waals surface area contributed by atoms with E-state index in [9.17, 15) is 13.2 Å². The topological polar surface area (TPSA) is 75.7 Å².